The van der Waals surface area contributed by atoms with E-state index in [1.54, 1.807) is 25.7 Å². The lowest BCUT2D eigenvalue weighted by Crippen LogP contribution is -2.99. The quantitative estimate of drug-likeness (QED) is 0.215. The van der Waals surface area contributed by atoms with Crippen LogP contribution in [0.15, 0.2) is 0 Å². The molecule has 0 N–H and O–H groups in total. The van der Waals surface area contributed by atoms with Crippen molar-refractivity contribution in [3.8, 4) is 0 Å². The molecule has 56 atom stereocenters. The summed E-state index contributed by atoms with van der Waals surface area (Å²) in [7, 11) is 0. The molecule has 0 aromatic heterocycles. The zero-order valence-electron chi connectivity index (χ0n) is 36.3. The topological polar surface area (TPSA) is 0 Å². The van der Waals surface area contributed by atoms with Gasteiger partial charge in [-0.25, -0.2) is 0 Å². The van der Waals surface area contributed by atoms with Crippen molar-refractivity contribution in [1.29, 1.82) is 0 Å². The highest BCUT2D eigenvalue weighted by atomic mass is 15.1. The Kier molecular flexibility index (Phi) is 3.11. The van der Waals surface area contributed by atoms with Crippen molar-refractivity contribution in [2.45, 2.75) is 25.7 Å². The Balaban J connectivity index is 0.418. The van der Waals surface area contributed by atoms with Crippen LogP contribution in [0.5, 0.6) is 0 Å². The molecule has 0 radical (unpaired) electrons. The molecule has 0 heterocycles. The molecule has 0 bridgehead atoms. The van der Waals surface area contributed by atoms with Gasteiger partial charge in [0.2, 0.25) is 0 Å². The summed E-state index contributed by atoms with van der Waals surface area (Å²) in [4.78, 5) is 0. The Morgan fingerprint density at radius 2 is 0.145 bits per heavy atom. The van der Waals surface area contributed by atoms with Gasteiger partial charge < -0.3 is 0 Å². The van der Waals surface area contributed by atoms with Crippen LogP contribution in [0.25, 0.3) is 0 Å². The molecular formula is C62H66. The van der Waals surface area contributed by atoms with Gasteiger partial charge in [-0.15, -0.1) is 0 Å². The van der Waals surface area contributed by atoms with Crippen LogP contribution in [0.2, 0.25) is 0 Å². The van der Waals surface area contributed by atoms with E-state index in [1.165, 1.54) is 343 Å². The maximum atomic E-state index is 1.66. The number of hydrogen-bond donors (Lipinski definition) is 0. The molecule has 0 spiro atoms. The van der Waals surface area contributed by atoms with Gasteiger partial charge in [0.25, 0.3) is 0 Å². The van der Waals surface area contributed by atoms with Gasteiger partial charge in [0.1, 0.15) is 0 Å². The molecule has 30 aliphatic carbocycles. The molecule has 0 amide bonds. The van der Waals surface area contributed by atoms with Gasteiger partial charge in [-0.3, -0.25) is 0 Å². The first-order valence-electron chi connectivity index (χ1n) is 31.0. The van der Waals surface area contributed by atoms with E-state index in [-0.39, 0.29) is 0 Å². The maximum absolute atomic E-state index is 1.66. The standard InChI is InChI=1S/C62H66/c1-2-6-5(1)9-10(6)14-13(9)17-18(14)22-21(17)25-26(22)30-29(25)33-34(30)38-37(33)41-42(38)46-45(41)49-50(46)54-53(49)57-58(54)62-60-56-52-48-44-40-36-32-28-24-20-16-12-8-4-3-7(8)11(12)15(16)19(20)23(24)27(28)31(32)35(36)39(40)43(44)47(48)51(52)55(56)59(60)61(57)62/h5-62H,1-4H2. The molecule has 0 aromatic carbocycles. The largest absolute Gasteiger partial charge is 0.0496 e. The molecule has 56 unspecified atom stereocenters. The smallest absolute Gasteiger partial charge is 0.0312 e. The van der Waals surface area contributed by atoms with Crippen molar-refractivity contribution in [2.24, 2.45) is 343 Å². The third kappa shape index (κ3) is 1.70. The number of hydrogen-bond acceptors (Lipinski definition) is 0. The molecule has 30 rings (SSSR count). The van der Waals surface area contributed by atoms with Crippen molar-refractivity contribution in [3.05, 3.63) is 0 Å². The molecule has 0 aromatic rings. The lowest BCUT2D eigenvalue weighted by molar-refractivity contribution is -0.555. The van der Waals surface area contributed by atoms with E-state index in [1.807, 2.05) is 0 Å². The van der Waals surface area contributed by atoms with Crippen molar-refractivity contribution in [2.75, 3.05) is 0 Å². The van der Waals surface area contributed by atoms with Gasteiger partial charge in [-0.2, -0.15) is 0 Å². The first-order chi connectivity index (χ1) is 31.0. The second kappa shape index (κ2) is 6.93. The fourth-order valence-electron chi connectivity index (χ4n) is 40.7. The van der Waals surface area contributed by atoms with Gasteiger partial charge in [0, 0.05) is 0 Å². The summed E-state index contributed by atoms with van der Waals surface area (Å²) in [6, 6.07) is 0. The normalized spacial score (nSPS) is 103. The van der Waals surface area contributed by atoms with E-state index in [9.17, 15) is 0 Å². The first kappa shape index (κ1) is 27.9. The van der Waals surface area contributed by atoms with E-state index >= 15 is 0 Å². The molecule has 30 saturated carbocycles. The van der Waals surface area contributed by atoms with Crippen LogP contribution in [0.3, 0.4) is 0 Å². The minimum absolute atomic E-state index is 1.27. The molecule has 314 valence electrons. The Morgan fingerprint density at radius 3 is 0.210 bits per heavy atom. The summed E-state index contributed by atoms with van der Waals surface area (Å²) in [6.45, 7) is 0. The molecule has 0 heteroatoms. The second-order valence-electron chi connectivity index (χ2n) is 35.0. The molecule has 0 aliphatic heterocycles. The summed E-state index contributed by atoms with van der Waals surface area (Å²) < 4.78 is 0. The van der Waals surface area contributed by atoms with Gasteiger partial charge in [0.05, 0.1) is 0 Å². The summed E-state index contributed by atoms with van der Waals surface area (Å²) in [6.07, 6.45) is 6.65. The van der Waals surface area contributed by atoms with Crippen LogP contribution in [0.1, 0.15) is 25.7 Å². The Morgan fingerprint density at radius 1 is 0.0806 bits per heavy atom. The summed E-state index contributed by atoms with van der Waals surface area (Å²) in [5.41, 5.74) is 0. The highest BCUT2D eigenvalue weighted by molar-refractivity contribution is 5.47. The molecule has 30 aliphatic rings. The van der Waals surface area contributed by atoms with Gasteiger partial charge >= 0.3 is 0 Å². The molecule has 0 saturated heterocycles. The minimum Gasteiger partial charge on any atom is -0.0496 e. The summed E-state index contributed by atoms with van der Waals surface area (Å²) in [5, 5.41) is 0. The highest BCUT2D eigenvalue weighted by Gasteiger charge is 3.01. The van der Waals surface area contributed by atoms with Crippen molar-refractivity contribution in [1.82, 2.24) is 0 Å². The van der Waals surface area contributed by atoms with Crippen LogP contribution >= 0.6 is 0 Å². The number of fused-ring (bicyclic) bond motifs is 85. The zero-order chi connectivity index (χ0) is 36.3. The Hall–Kier alpha value is 0. The van der Waals surface area contributed by atoms with Crippen molar-refractivity contribution >= 4 is 0 Å². The van der Waals surface area contributed by atoms with Crippen LogP contribution in [0.4, 0.5) is 0 Å². The third-order valence-corrected chi connectivity index (χ3v) is 39.9. The fraction of sp³-hybridized carbons (Fsp3) is 1.00. The molecule has 30 fully saturated rings. The Bertz CT molecular complexity index is 2310. The molecular weight excluding hydrogens is 745 g/mol. The van der Waals surface area contributed by atoms with Crippen LogP contribution in [-0.4, -0.2) is 0 Å². The predicted molar refractivity (Wildman–Crippen MR) is 221 cm³/mol. The van der Waals surface area contributed by atoms with E-state index in [0.29, 0.717) is 0 Å². The summed E-state index contributed by atoms with van der Waals surface area (Å²) >= 11 is 0. The van der Waals surface area contributed by atoms with Crippen molar-refractivity contribution in [3.63, 3.8) is 0 Å². The lowest BCUT2D eigenvalue weighted by Gasteiger charge is -3.02. The van der Waals surface area contributed by atoms with E-state index in [0.717, 1.165) is 0 Å². The van der Waals surface area contributed by atoms with Gasteiger partial charge in [-0.1, -0.05) is 0 Å². The van der Waals surface area contributed by atoms with E-state index in [4.69, 9.17) is 0 Å². The molecule has 0 nitrogen and oxygen atoms in total. The highest BCUT2D eigenvalue weighted by Crippen LogP contribution is 3.04. The maximum Gasteiger partial charge on any atom is -0.0312 e. The average Bonchev–Trinajstić information content (AvgIpc) is 3.18. The first-order valence-corrected chi connectivity index (χ1v) is 31.0. The van der Waals surface area contributed by atoms with Crippen LogP contribution in [0, 0.1) is 343 Å². The van der Waals surface area contributed by atoms with Crippen LogP contribution in [-0.2, 0) is 0 Å². The van der Waals surface area contributed by atoms with E-state index in [2.05, 4.69) is 0 Å². The van der Waals surface area contributed by atoms with Gasteiger partial charge in [0.15, 0.2) is 0 Å². The Labute approximate surface area is 367 Å². The van der Waals surface area contributed by atoms with E-state index < -0.39 is 0 Å². The van der Waals surface area contributed by atoms with Crippen LogP contribution < -0.4 is 0 Å². The fourth-order valence-corrected chi connectivity index (χ4v) is 40.7. The third-order valence-electron chi connectivity index (χ3n) is 39.9. The lowest BCUT2D eigenvalue weighted by atomic mass is 9.02. The van der Waals surface area contributed by atoms with Crippen molar-refractivity contribution < 1.29 is 0 Å². The molecule has 62 heavy (non-hydrogen) atoms. The second-order valence-corrected chi connectivity index (χ2v) is 35.0. The number of rotatable bonds is 0. The average molecular weight is 811 g/mol. The minimum atomic E-state index is 1.27. The SMILES string of the molecule is C1CC2C1C1C2C2C1C1C2C2C1C1C2C2C1C1C2C2C1C1C2C2C1C1C2C2C1C1C2C2C3C4C5C6C7C8C9C%10C%11C%12C%13C%14C%15C%16CCC%16C%15C%14C%13C%12C%11C%10C9C8C7C6C5C4C3C12. The van der Waals surface area contributed by atoms with Gasteiger partial charge in [-0.05, 0) is 369 Å². The predicted octanol–water partition coefficient (Wildman–Crippen LogP) is 8.69. The zero-order valence-corrected chi connectivity index (χ0v) is 36.3. The monoisotopic (exact) mass is 811 g/mol. The summed E-state index contributed by atoms with van der Waals surface area (Å²) in [5.74, 6) is 76.7.